The molecule has 13 aromatic rings. The molecule has 0 amide bonds. The van der Waals surface area contributed by atoms with Crippen molar-refractivity contribution < 1.29 is 0 Å². The van der Waals surface area contributed by atoms with Crippen LogP contribution in [0.2, 0.25) is 0 Å². The van der Waals surface area contributed by atoms with Crippen LogP contribution in [0.3, 0.4) is 0 Å². The van der Waals surface area contributed by atoms with E-state index < -0.39 is 10.0 Å². The summed E-state index contributed by atoms with van der Waals surface area (Å²) in [4.78, 5) is 21.3. The third kappa shape index (κ3) is 5.25. The molecule has 7 nitrogen and oxygen atoms in total. The standard InChI is InChI=1S/C55H37N7S/c1-5-19-38(20-6-1)39-35-52(61-49-31-17-15-29-47(49)59-46-28-14-13-27-44(46)56-54(59)61)58-53(36-39)62-50-32-18-16-30-48(50)60-51-37-43(33-34-45(51)57-55(60)62)63(40-21-7-2-8-22-40,41-23-9-3-10-24-41)42-25-11-4-12-26-42/h1-37H. The topological polar surface area (TPSA) is 57.4 Å². The zero-order chi connectivity index (χ0) is 41.5. The average Bonchev–Trinajstić information content (AvgIpc) is 4.09. The number of aromatic nitrogens is 7. The predicted molar refractivity (Wildman–Crippen MR) is 256 cm³/mol. The van der Waals surface area contributed by atoms with Gasteiger partial charge in [-0.25, -0.2) is 15.0 Å². The van der Waals surface area contributed by atoms with Crippen LogP contribution in [0.25, 0.3) is 78.5 Å². The third-order valence-electron chi connectivity index (χ3n) is 12.3. The van der Waals surface area contributed by atoms with Gasteiger partial charge in [-0.1, -0.05) is 121 Å². The van der Waals surface area contributed by atoms with Crippen LogP contribution in [0.1, 0.15) is 0 Å². The first kappa shape index (κ1) is 35.5. The molecule has 0 aliphatic heterocycles. The van der Waals surface area contributed by atoms with Crippen LogP contribution < -0.4 is 0 Å². The van der Waals surface area contributed by atoms with Gasteiger partial charge in [-0.3, -0.25) is 17.9 Å². The Morgan fingerprint density at radius 2 is 0.698 bits per heavy atom. The number of nitrogens with zero attached hydrogens (tertiary/aromatic N) is 7. The molecule has 8 heteroatoms. The van der Waals surface area contributed by atoms with Crippen molar-refractivity contribution >= 4 is 65.7 Å². The Hall–Kier alpha value is -8.20. The monoisotopic (exact) mass is 827 g/mol. The smallest absolute Gasteiger partial charge is 0.221 e. The number of imidazole rings is 4. The number of pyridine rings is 1. The Labute approximate surface area is 363 Å². The van der Waals surface area contributed by atoms with E-state index in [1.807, 2.05) is 6.07 Å². The van der Waals surface area contributed by atoms with E-state index in [0.717, 1.165) is 78.5 Å². The van der Waals surface area contributed by atoms with Crippen molar-refractivity contribution in [2.75, 3.05) is 0 Å². The number of para-hydroxylation sites is 6. The second-order valence-corrected chi connectivity index (χ2v) is 18.9. The first-order valence-electron chi connectivity index (χ1n) is 21.1. The van der Waals surface area contributed by atoms with E-state index in [0.29, 0.717) is 0 Å². The summed E-state index contributed by atoms with van der Waals surface area (Å²) < 4.78 is 8.98. The minimum absolute atomic E-state index is 0.762. The van der Waals surface area contributed by atoms with Gasteiger partial charge in [0.25, 0.3) is 0 Å². The SMILES string of the molecule is c1ccc(-c2cc(-n3c4ccccc4n4c5ccccc5nc34)nc(-n3c4ccccc4n4c5cc(S(c6ccccc6)(c6ccccc6)c6ccccc6)ccc5nc34)c2)cc1. The Kier molecular flexibility index (Phi) is 7.85. The lowest BCUT2D eigenvalue weighted by molar-refractivity contribution is 0.983. The second-order valence-electron chi connectivity index (χ2n) is 15.8. The minimum Gasteiger partial charge on any atom is -0.276 e. The van der Waals surface area contributed by atoms with E-state index >= 15 is 0 Å². The number of hydrogen-bond donors (Lipinski definition) is 0. The van der Waals surface area contributed by atoms with Crippen molar-refractivity contribution in [3.8, 4) is 22.8 Å². The number of hydrogen-bond acceptors (Lipinski definition) is 3. The van der Waals surface area contributed by atoms with E-state index in [2.05, 4.69) is 236 Å². The van der Waals surface area contributed by atoms with Crippen molar-refractivity contribution in [2.24, 2.45) is 0 Å². The maximum Gasteiger partial charge on any atom is 0.221 e. The first-order chi connectivity index (χ1) is 31.3. The van der Waals surface area contributed by atoms with Gasteiger partial charge < -0.3 is 0 Å². The summed E-state index contributed by atoms with van der Waals surface area (Å²) in [6.07, 6.45) is 0. The maximum absolute atomic E-state index is 5.58. The van der Waals surface area contributed by atoms with Gasteiger partial charge >= 0.3 is 0 Å². The normalized spacial score (nSPS) is 12.4. The summed E-state index contributed by atoms with van der Waals surface area (Å²) in [5.41, 5.74) is 10.2. The van der Waals surface area contributed by atoms with E-state index in [4.69, 9.17) is 15.0 Å². The lowest BCUT2D eigenvalue weighted by atomic mass is 10.1. The molecule has 0 bridgehead atoms. The van der Waals surface area contributed by atoms with E-state index in [-0.39, 0.29) is 0 Å². The van der Waals surface area contributed by atoms with Gasteiger partial charge in [-0.05, 0) is 114 Å². The molecule has 298 valence electrons. The van der Waals surface area contributed by atoms with Gasteiger partial charge in [0.1, 0.15) is 11.6 Å². The average molecular weight is 828 g/mol. The Morgan fingerprint density at radius 1 is 0.286 bits per heavy atom. The molecular formula is C55H37N7S. The van der Waals surface area contributed by atoms with E-state index in [9.17, 15) is 0 Å². The lowest BCUT2D eigenvalue weighted by Gasteiger charge is -2.42. The van der Waals surface area contributed by atoms with Crippen LogP contribution in [-0.2, 0) is 0 Å². The molecular weight excluding hydrogens is 791 g/mol. The van der Waals surface area contributed by atoms with E-state index in [1.54, 1.807) is 0 Å². The zero-order valence-electron chi connectivity index (χ0n) is 33.9. The Balaban J connectivity index is 1.10. The fraction of sp³-hybridized carbons (Fsp3) is 0. The second kappa shape index (κ2) is 13.9. The molecule has 0 radical (unpaired) electrons. The molecule has 13 rings (SSSR count). The molecule has 5 heterocycles. The van der Waals surface area contributed by atoms with Crippen LogP contribution in [0.15, 0.2) is 244 Å². The molecule has 0 saturated heterocycles. The quantitative estimate of drug-likeness (QED) is 0.161. The molecule has 0 unspecified atom stereocenters. The molecule has 8 aromatic carbocycles. The van der Waals surface area contributed by atoms with Crippen molar-refractivity contribution in [1.82, 2.24) is 32.9 Å². The Bertz CT molecular complexity index is 3750. The number of benzene rings is 8. The number of rotatable bonds is 7. The summed E-state index contributed by atoms with van der Waals surface area (Å²) >= 11 is 0. The largest absolute Gasteiger partial charge is 0.276 e. The van der Waals surface area contributed by atoms with Crippen LogP contribution in [-0.4, -0.2) is 32.9 Å². The minimum atomic E-state index is -1.93. The molecule has 63 heavy (non-hydrogen) atoms. The fourth-order valence-corrected chi connectivity index (χ4v) is 13.5. The van der Waals surface area contributed by atoms with Crippen LogP contribution in [0.5, 0.6) is 0 Å². The predicted octanol–water partition coefficient (Wildman–Crippen LogP) is 13.6. The molecule has 0 saturated carbocycles. The van der Waals surface area contributed by atoms with Crippen LogP contribution in [0.4, 0.5) is 0 Å². The van der Waals surface area contributed by atoms with Gasteiger partial charge in [0.15, 0.2) is 0 Å². The highest BCUT2D eigenvalue weighted by molar-refractivity contribution is 8.34. The maximum atomic E-state index is 5.58. The summed E-state index contributed by atoms with van der Waals surface area (Å²) in [5.74, 6) is 3.13. The molecule has 0 N–H and O–H groups in total. The Morgan fingerprint density at radius 3 is 1.22 bits per heavy atom. The highest BCUT2D eigenvalue weighted by atomic mass is 32.3. The molecule has 0 atom stereocenters. The van der Waals surface area contributed by atoms with Gasteiger partial charge in [0.2, 0.25) is 11.6 Å². The van der Waals surface area contributed by atoms with Crippen molar-refractivity contribution in [2.45, 2.75) is 19.6 Å². The van der Waals surface area contributed by atoms with Gasteiger partial charge in [-0.15, -0.1) is 10.0 Å². The van der Waals surface area contributed by atoms with Crippen molar-refractivity contribution in [3.63, 3.8) is 0 Å². The first-order valence-corrected chi connectivity index (χ1v) is 22.7. The van der Waals surface area contributed by atoms with Crippen LogP contribution >= 0.6 is 10.0 Å². The highest BCUT2D eigenvalue weighted by Crippen LogP contribution is 2.73. The van der Waals surface area contributed by atoms with Crippen molar-refractivity contribution in [3.05, 3.63) is 224 Å². The summed E-state index contributed by atoms with van der Waals surface area (Å²) in [7, 11) is -1.93. The summed E-state index contributed by atoms with van der Waals surface area (Å²) in [6, 6.07) is 80.2. The van der Waals surface area contributed by atoms with E-state index in [1.165, 1.54) is 19.6 Å². The van der Waals surface area contributed by atoms with Gasteiger partial charge in [0, 0.05) is 19.6 Å². The highest BCUT2D eigenvalue weighted by Gasteiger charge is 2.34. The molecule has 0 spiro atoms. The summed E-state index contributed by atoms with van der Waals surface area (Å²) in [6.45, 7) is 0. The van der Waals surface area contributed by atoms with Crippen LogP contribution in [0, 0.1) is 0 Å². The summed E-state index contributed by atoms with van der Waals surface area (Å²) in [5, 5.41) is 0. The lowest BCUT2D eigenvalue weighted by Crippen LogP contribution is -2.05. The van der Waals surface area contributed by atoms with Gasteiger partial charge in [0.05, 0.1) is 44.1 Å². The van der Waals surface area contributed by atoms with Crippen molar-refractivity contribution in [1.29, 1.82) is 0 Å². The molecule has 0 fully saturated rings. The molecule has 0 aliphatic carbocycles. The third-order valence-corrected chi connectivity index (χ3v) is 16.2. The zero-order valence-corrected chi connectivity index (χ0v) is 34.7. The molecule has 5 aromatic heterocycles. The van der Waals surface area contributed by atoms with Gasteiger partial charge in [-0.2, -0.15) is 0 Å². The fourth-order valence-electron chi connectivity index (χ4n) is 9.59. The molecule has 0 aliphatic rings. The number of fused-ring (bicyclic) bond motifs is 10.